The lowest BCUT2D eigenvalue weighted by molar-refractivity contribution is 1.28. The first kappa shape index (κ1) is 13.8. The highest BCUT2D eigenvalue weighted by Crippen LogP contribution is 2.25. The van der Waals surface area contributed by atoms with Crippen molar-refractivity contribution in [1.82, 2.24) is 4.98 Å². The Balaban J connectivity index is 1.82. The Morgan fingerprint density at radius 2 is 1.90 bits per heavy atom. The molecule has 0 bridgehead atoms. The molecule has 21 heavy (non-hydrogen) atoms. The van der Waals surface area contributed by atoms with Gasteiger partial charge in [-0.2, -0.15) is 5.10 Å². The minimum Gasteiger partial charge on any atom is -0.252 e. The van der Waals surface area contributed by atoms with Crippen molar-refractivity contribution < 1.29 is 0 Å². The number of aryl methyl sites for hydroxylation is 2. The molecular formula is C17H17N3S. The molecule has 0 amide bonds. The van der Waals surface area contributed by atoms with Crippen molar-refractivity contribution in [2.45, 2.75) is 20.8 Å². The normalized spacial score (nSPS) is 11.9. The number of hydrazone groups is 1. The van der Waals surface area contributed by atoms with E-state index in [0.717, 1.165) is 21.9 Å². The third-order valence-corrected chi connectivity index (χ3v) is 4.48. The molecule has 1 aromatic heterocycles. The lowest BCUT2D eigenvalue weighted by atomic mass is 10.0. The van der Waals surface area contributed by atoms with Gasteiger partial charge in [0.25, 0.3) is 0 Å². The van der Waals surface area contributed by atoms with Crippen LogP contribution in [-0.4, -0.2) is 10.7 Å². The summed E-state index contributed by atoms with van der Waals surface area (Å²) in [7, 11) is 0. The quantitative estimate of drug-likeness (QED) is 0.559. The second kappa shape index (κ2) is 5.66. The van der Waals surface area contributed by atoms with Crippen LogP contribution in [0.25, 0.3) is 10.2 Å². The summed E-state index contributed by atoms with van der Waals surface area (Å²) in [6.07, 6.45) is 0. The van der Waals surface area contributed by atoms with Crippen LogP contribution in [0.5, 0.6) is 0 Å². The molecule has 0 aliphatic carbocycles. The predicted octanol–water partition coefficient (Wildman–Crippen LogP) is 4.75. The number of hydrogen-bond acceptors (Lipinski definition) is 4. The molecule has 4 heteroatoms. The van der Waals surface area contributed by atoms with E-state index in [1.165, 1.54) is 15.8 Å². The van der Waals surface area contributed by atoms with E-state index in [9.17, 15) is 0 Å². The van der Waals surface area contributed by atoms with Gasteiger partial charge in [-0.15, -0.1) is 0 Å². The topological polar surface area (TPSA) is 37.3 Å². The molecule has 0 unspecified atom stereocenters. The summed E-state index contributed by atoms with van der Waals surface area (Å²) < 4.78 is 1.17. The van der Waals surface area contributed by atoms with E-state index in [1.54, 1.807) is 11.3 Å². The fraction of sp³-hybridized carbons (Fsp3) is 0.176. The molecule has 0 fully saturated rings. The zero-order valence-electron chi connectivity index (χ0n) is 12.3. The first-order chi connectivity index (χ1) is 10.1. The second-order valence-corrected chi connectivity index (χ2v) is 6.13. The molecular weight excluding hydrogens is 278 g/mol. The van der Waals surface area contributed by atoms with Crippen LogP contribution < -0.4 is 5.43 Å². The van der Waals surface area contributed by atoms with Crippen molar-refractivity contribution in [2.75, 3.05) is 5.43 Å². The molecule has 0 radical (unpaired) electrons. The monoisotopic (exact) mass is 295 g/mol. The maximum atomic E-state index is 4.51. The third kappa shape index (κ3) is 2.95. The lowest BCUT2D eigenvalue weighted by Gasteiger charge is -2.05. The van der Waals surface area contributed by atoms with Crippen LogP contribution in [0.15, 0.2) is 47.6 Å². The van der Waals surface area contributed by atoms with Crippen molar-refractivity contribution in [1.29, 1.82) is 0 Å². The molecule has 3 rings (SSSR count). The van der Waals surface area contributed by atoms with Gasteiger partial charge in [0, 0.05) is 0 Å². The summed E-state index contributed by atoms with van der Waals surface area (Å²) in [5, 5.41) is 5.26. The summed E-state index contributed by atoms with van der Waals surface area (Å²) in [6.45, 7) is 6.24. The van der Waals surface area contributed by atoms with Crippen molar-refractivity contribution in [3.05, 3.63) is 59.2 Å². The van der Waals surface area contributed by atoms with Gasteiger partial charge in [0.05, 0.1) is 15.9 Å². The van der Waals surface area contributed by atoms with Crippen LogP contribution in [0.1, 0.15) is 23.6 Å². The van der Waals surface area contributed by atoms with E-state index < -0.39 is 0 Å². The molecule has 1 N–H and O–H groups in total. The van der Waals surface area contributed by atoms with Gasteiger partial charge >= 0.3 is 0 Å². The van der Waals surface area contributed by atoms with Crippen molar-refractivity contribution in [2.24, 2.45) is 5.10 Å². The Morgan fingerprint density at radius 1 is 1.10 bits per heavy atom. The van der Waals surface area contributed by atoms with E-state index >= 15 is 0 Å². The highest BCUT2D eigenvalue weighted by Gasteiger charge is 2.03. The fourth-order valence-corrected chi connectivity index (χ4v) is 2.89. The minimum absolute atomic E-state index is 0.819. The van der Waals surface area contributed by atoms with Crippen LogP contribution in [-0.2, 0) is 0 Å². The third-order valence-electron chi connectivity index (χ3n) is 3.54. The van der Waals surface area contributed by atoms with Gasteiger partial charge in [-0.25, -0.2) is 4.98 Å². The highest BCUT2D eigenvalue weighted by molar-refractivity contribution is 7.22. The Hall–Kier alpha value is -2.20. The number of fused-ring (bicyclic) bond motifs is 1. The number of rotatable bonds is 3. The molecule has 0 aliphatic heterocycles. The summed E-state index contributed by atoms with van der Waals surface area (Å²) in [6, 6.07) is 14.5. The number of benzene rings is 2. The standard InChI is InChI=1S/C17H17N3S/c1-11-8-9-14(10-12(11)2)13(3)19-20-17-18-15-6-4-5-7-16(15)21-17/h4-10H,1-3H3,(H,18,20)/b19-13+. The van der Waals surface area contributed by atoms with Crippen molar-refractivity contribution in [3.8, 4) is 0 Å². The summed E-state index contributed by atoms with van der Waals surface area (Å²) in [4.78, 5) is 4.51. The Morgan fingerprint density at radius 3 is 2.67 bits per heavy atom. The summed E-state index contributed by atoms with van der Waals surface area (Å²) in [5.74, 6) is 0. The largest absolute Gasteiger partial charge is 0.252 e. The summed E-state index contributed by atoms with van der Waals surface area (Å²) in [5.41, 5.74) is 8.73. The van der Waals surface area contributed by atoms with Crippen LogP contribution in [0.4, 0.5) is 5.13 Å². The molecule has 106 valence electrons. The van der Waals surface area contributed by atoms with Crippen molar-refractivity contribution in [3.63, 3.8) is 0 Å². The zero-order valence-corrected chi connectivity index (χ0v) is 13.2. The summed E-state index contributed by atoms with van der Waals surface area (Å²) >= 11 is 1.61. The Labute approximate surface area is 128 Å². The first-order valence-corrected chi connectivity index (χ1v) is 7.68. The van der Waals surface area contributed by atoms with Crippen LogP contribution in [0.2, 0.25) is 0 Å². The number of anilines is 1. The smallest absolute Gasteiger partial charge is 0.204 e. The van der Waals surface area contributed by atoms with Crippen LogP contribution >= 0.6 is 11.3 Å². The number of aromatic nitrogens is 1. The Bertz CT molecular complexity index is 785. The molecule has 0 saturated heterocycles. The molecule has 0 atom stereocenters. The zero-order chi connectivity index (χ0) is 14.8. The second-order valence-electron chi connectivity index (χ2n) is 5.09. The van der Waals surface area contributed by atoms with Crippen molar-refractivity contribution >= 4 is 32.4 Å². The van der Waals surface area contributed by atoms with Gasteiger partial charge in [0.1, 0.15) is 0 Å². The van der Waals surface area contributed by atoms with Gasteiger partial charge in [0.15, 0.2) is 0 Å². The Kier molecular flexibility index (Phi) is 3.71. The van der Waals surface area contributed by atoms with E-state index in [1.807, 2.05) is 25.1 Å². The molecule has 1 heterocycles. The number of nitrogens with one attached hydrogen (secondary N) is 1. The molecule has 3 aromatic rings. The highest BCUT2D eigenvalue weighted by atomic mass is 32.1. The van der Waals surface area contributed by atoms with Crippen LogP contribution in [0.3, 0.4) is 0 Å². The van der Waals surface area contributed by atoms with E-state index in [0.29, 0.717) is 0 Å². The first-order valence-electron chi connectivity index (χ1n) is 6.87. The van der Waals surface area contributed by atoms with Gasteiger partial charge in [0.2, 0.25) is 5.13 Å². The lowest BCUT2D eigenvalue weighted by Crippen LogP contribution is -2.00. The fourth-order valence-electron chi connectivity index (χ4n) is 2.08. The van der Waals surface area contributed by atoms with Gasteiger partial charge in [-0.1, -0.05) is 35.6 Å². The number of nitrogens with zero attached hydrogens (tertiary/aromatic N) is 2. The SMILES string of the molecule is C/C(=N\Nc1nc2ccccc2s1)c1ccc(C)c(C)c1. The predicted molar refractivity (Wildman–Crippen MR) is 91.4 cm³/mol. The average molecular weight is 295 g/mol. The number of thiazole rings is 1. The number of para-hydroxylation sites is 1. The van der Waals surface area contributed by atoms with E-state index in [4.69, 9.17) is 0 Å². The average Bonchev–Trinajstić information content (AvgIpc) is 2.90. The molecule has 2 aromatic carbocycles. The van der Waals surface area contributed by atoms with Gasteiger partial charge < -0.3 is 0 Å². The molecule has 3 nitrogen and oxygen atoms in total. The maximum Gasteiger partial charge on any atom is 0.204 e. The van der Waals surface area contributed by atoms with Gasteiger partial charge in [-0.3, -0.25) is 5.43 Å². The molecule has 0 aliphatic rings. The van der Waals surface area contributed by atoms with E-state index in [2.05, 4.69) is 53.6 Å². The maximum absolute atomic E-state index is 4.51. The van der Waals surface area contributed by atoms with E-state index in [-0.39, 0.29) is 0 Å². The molecule has 0 spiro atoms. The number of hydrogen-bond donors (Lipinski definition) is 1. The van der Waals surface area contributed by atoms with Crippen LogP contribution in [0, 0.1) is 13.8 Å². The van der Waals surface area contributed by atoms with Gasteiger partial charge in [-0.05, 0) is 55.7 Å². The minimum atomic E-state index is 0.819. The molecule has 0 saturated carbocycles.